The highest BCUT2D eigenvalue weighted by Gasteiger charge is 2.11. The van der Waals surface area contributed by atoms with Crippen molar-refractivity contribution in [2.45, 2.75) is 246 Å². The molecule has 0 heterocycles. The van der Waals surface area contributed by atoms with E-state index in [1.54, 1.807) is 0 Å². The molecule has 2 atom stereocenters. The van der Waals surface area contributed by atoms with Crippen LogP contribution in [0.2, 0.25) is 0 Å². The van der Waals surface area contributed by atoms with Gasteiger partial charge in [-0.1, -0.05) is 181 Å². The Kier molecular flexibility index (Phi) is 45.6. The molecule has 2 unspecified atom stereocenters. The largest absolute Gasteiger partial charge is 0.469 e. The van der Waals surface area contributed by atoms with E-state index in [4.69, 9.17) is 14.2 Å². The number of unbranched alkanes of at least 4 members (excludes halogenated alkanes) is 22. The van der Waals surface area contributed by atoms with Gasteiger partial charge >= 0.3 is 23.9 Å². The highest BCUT2D eigenvalue weighted by atomic mass is 16.5. The van der Waals surface area contributed by atoms with Crippen LogP contribution in [0.25, 0.3) is 0 Å². The van der Waals surface area contributed by atoms with Gasteiger partial charge in [0.2, 0.25) is 0 Å². The molecule has 0 saturated carbocycles. The number of hydrogen-bond acceptors (Lipinski definition) is 8. The van der Waals surface area contributed by atoms with Gasteiger partial charge in [0.1, 0.15) is 0 Å². The van der Waals surface area contributed by atoms with Gasteiger partial charge in [0.05, 0.1) is 27.4 Å². The summed E-state index contributed by atoms with van der Waals surface area (Å²) in [7, 11) is 2.93. The predicted octanol–water partition coefficient (Wildman–Crippen LogP) is 14.0. The molecule has 0 rings (SSSR count). The maximum absolute atomic E-state index is 11.5. The number of carbonyl (C=O) groups is 4. The third-order valence-electron chi connectivity index (χ3n) is 11.2. The lowest BCUT2D eigenvalue weighted by molar-refractivity contribution is -0.144. The third-order valence-corrected chi connectivity index (χ3v) is 11.2. The summed E-state index contributed by atoms with van der Waals surface area (Å²) in [6.07, 6.45) is 39.9. The van der Waals surface area contributed by atoms with Gasteiger partial charge in [-0.05, 0) is 51.4 Å². The first-order chi connectivity index (χ1) is 27.3. The number of ether oxygens (including phenoxy) is 4. The Bertz CT molecular complexity index is 875. The van der Waals surface area contributed by atoms with E-state index >= 15 is 0 Å². The van der Waals surface area contributed by atoms with E-state index in [1.807, 2.05) is 13.8 Å². The zero-order valence-electron chi connectivity index (χ0n) is 37.9. The van der Waals surface area contributed by atoms with Crippen molar-refractivity contribution in [3.63, 3.8) is 0 Å². The molecule has 0 amide bonds. The number of rotatable bonds is 40. The average Bonchev–Trinajstić information content (AvgIpc) is 3.20. The summed E-state index contributed by atoms with van der Waals surface area (Å²) < 4.78 is 19.3. The quantitative estimate of drug-likeness (QED) is 0.0343. The smallest absolute Gasteiger partial charge is 0.305 e. The molecule has 0 aromatic carbocycles. The fourth-order valence-corrected chi connectivity index (χ4v) is 7.36. The van der Waals surface area contributed by atoms with Gasteiger partial charge in [-0.25, -0.2) is 0 Å². The van der Waals surface area contributed by atoms with Crippen molar-refractivity contribution in [1.29, 1.82) is 0 Å². The molecule has 8 heteroatoms. The summed E-state index contributed by atoms with van der Waals surface area (Å²) in [5.41, 5.74) is 0. The van der Waals surface area contributed by atoms with E-state index in [0.29, 0.717) is 50.7 Å². The van der Waals surface area contributed by atoms with Crippen molar-refractivity contribution in [3.8, 4) is 0 Å². The predicted molar refractivity (Wildman–Crippen MR) is 233 cm³/mol. The van der Waals surface area contributed by atoms with Crippen LogP contribution in [-0.2, 0) is 38.1 Å². The molecule has 0 N–H and O–H groups in total. The number of hydrogen-bond donors (Lipinski definition) is 0. The molecule has 0 saturated heterocycles. The highest BCUT2D eigenvalue weighted by Crippen LogP contribution is 2.22. The molecule has 0 aliphatic carbocycles. The Morgan fingerprint density at radius 1 is 0.321 bits per heavy atom. The van der Waals surface area contributed by atoms with E-state index in [9.17, 15) is 19.2 Å². The Balaban J connectivity index is 0. The van der Waals surface area contributed by atoms with Crippen molar-refractivity contribution in [2.75, 3.05) is 27.4 Å². The molecule has 8 nitrogen and oxygen atoms in total. The first-order valence-electron chi connectivity index (χ1n) is 23.7. The van der Waals surface area contributed by atoms with Crippen LogP contribution < -0.4 is 0 Å². The normalized spacial score (nSPS) is 12.0. The molecular formula is C48H92O8. The fraction of sp³-hybridized carbons (Fsp3) is 0.917. The summed E-state index contributed by atoms with van der Waals surface area (Å²) in [5, 5.41) is 0. The molecule has 332 valence electrons. The lowest BCUT2D eigenvalue weighted by atomic mass is 9.93. The second-order valence-corrected chi connectivity index (χ2v) is 16.0. The molecule has 0 fully saturated rings. The van der Waals surface area contributed by atoms with Crippen molar-refractivity contribution in [2.24, 2.45) is 11.8 Å². The molecule has 0 aliphatic heterocycles. The Morgan fingerprint density at radius 3 is 0.875 bits per heavy atom. The van der Waals surface area contributed by atoms with E-state index in [1.165, 1.54) is 168 Å². The highest BCUT2D eigenvalue weighted by molar-refractivity contribution is 5.70. The van der Waals surface area contributed by atoms with Crippen LogP contribution in [0.3, 0.4) is 0 Å². The van der Waals surface area contributed by atoms with Gasteiger partial charge in [-0.3, -0.25) is 19.2 Å². The first-order valence-corrected chi connectivity index (χ1v) is 23.7. The SMILES string of the molecule is CCC(CCCCCCCCCCCCCCC(=O)OC)CCC(=O)OC.CCOC(=O)CCCCCCCCCCCCCCC(CC)CCC(=O)OCC. The Labute approximate surface area is 346 Å². The van der Waals surface area contributed by atoms with E-state index in [-0.39, 0.29) is 23.9 Å². The summed E-state index contributed by atoms with van der Waals surface area (Å²) in [4.78, 5) is 44.9. The lowest BCUT2D eigenvalue weighted by Crippen LogP contribution is -2.07. The van der Waals surface area contributed by atoms with Crippen LogP contribution in [0.1, 0.15) is 246 Å². The van der Waals surface area contributed by atoms with Crippen LogP contribution in [0.5, 0.6) is 0 Å². The third kappa shape index (κ3) is 43.0. The average molecular weight is 797 g/mol. The number of esters is 4. The van der Waals surface area contributed by atoms with Crippen LogP contribution in [0, 0.1) is 11.8 Å². The molecule has 0 aromatic heterocycles. The Hall–Kier alpha value is -2.12. The van der Waals surface area contributed by atoms with Crippen molar-refractivity contribution < 1.29 is 38.1 Å². The van der Waals surface area contributed by atoms with Crippen LogP contribution in [0.4, 0.5) is 0 Å². The monoisotopic (exact) mass is 797 g/mol. The summed E-state index contributed by atoms with van der Waals surface area (Å²) in [6.45, 7) is 9.17. The molecule has 56 heavy (non-hydrogen) atoms. The van der Waals surface area contributed by atoms with Crippen LogP contribution in [0.15, 0.2) is 0 Å². The van der Waals surface area contributed by atoms with E-state index in [0.717, 1.165) is 38.5 Å². The number of carbonyl (C=O) groups excluding carboxylic acids is 4. The standard InChI is InChI=1S/C25H48O4.C23H44O4/c1-4-23(21-22-25(27)29-6-3)19-17-15-13-11-9-7-8-10-12-14-16-18-20-24(26)28-5-2;1-4-21(19-20-23(25)27-3)17-15-13-11-9-7-5-6-8-10-12-14-16-18-22(24)26-2/h23H,4-22H2,1-3H3;21H,4-20H2,1-3H3. The molecule has 0 bridgehead atoms. The molecule has 0 aromatic rings. The van der Waals surface area contributed by atoms with Crippen molar-refractivity contribution >= 4 is 23.9 Å². The lowest BCUT2D eigenvalue weighted by Gasteiger charge is -2.14. The van der Waals surface area contributed by atoms with Crippen LogP contribution >= 0.6 is 0 Å². The second kappa shape index (κ2) is 45.6. The molecule has 0 radical (unpaired) electrons. The van der Waals surface area contributed by atoms with E-state index in [2.05, 4.69) is 18.6 Å². The summed E-state index contributed by atoms with van der Waals surface area (Å²) >= 11 is 0. The maximum atomic E-state index is 11.5. The van der Waals surface area contributed by atoms with Crippen molar-refractivity contribution in [1.82, 2.24) is 0 Å². The van der Waals surface area contributed by atoms with Gasteiger partial charge in [-0.15, -0.1) is 0 Å². The van der Waals surface area contributed by atoms with Gasteiger partial charge < -0.3 is 18.9 Å². The fourth-order valence-electron chi connectivity index (χ4n) is 7.36. The zero-order chi connectivity index (χ0) is 41.7. The summed E-state index contributed by atoms with van der Waals surface area (Å²) in [6, 6.07) is 0. The van der Waals surface area contributed by atoms with Gasteiger partial charge in [0.25, 0.3) is 0 Å². The van der Waals surface area contributed by atoms with Crippen molar-refractivity contribution in [3.05, 3.63) is 0 Å². The van der Waals surface area contributed by atoms with E-state index < -0.39 is 0 Å². The molecule has 0 spiro atoms. The zero-order valence-corrected chi connectivity index (χ0v) is 37.9. The molecular weight excluding hydrogens is 705 g/mol. The van der Waals surface area contributed by atoms with Crippen LogP contribution in [-0.4, -0.2) is 51.3 Å². The minimum absolute atomic E-state index is 0.0392. The molecule has 0 aliphatic rings. The number of methoxy groups -OCH3 is 2. The minimum atomic E-state index is -0.0820. The topological polar surface area (TPSA) is 105 Å². The van der Waals surface area contributed by atoms with Gasteiger partial charge in [0, 0.05) is 25.7 Å². The van der Waals surface area contributed by atoms with Gasteiger partial charge in [-0.2, -0.15) is 0 Å². The first kappa shape index (κ1) is 56.0. The maximum Gasteiger partial charge on any atom is 0.305 e. The second-order valence-electron chi connectivity index (χ2n) is 16.0. The van der Waals surface area contributed by atoms with Gasteiger partial charge in [0.15, 0.2) is 0 Å². The Morgan fingerprint density at radius 2 is 0.571 bits per heavy atom. The summed E-state index contributed by atoms with van der Waals surface area (Å²) in [5.74, 6) is 1.11. The minimum Gasteiger partial charge on any atom is -0.469 e.